The lowest BCUT2D eigenvalue weighted by atomic mass is 9.95. The molecule has 0 radical (unpaired) electrons. The second kappa shape index (κ2) is 6.90. The third kappa shape index (κ3) is 3.41. The third-order valence-corrected chi connectivity index (χ3v) is 4.47. The van der Waals surface area contributed by atoms with E-state index >= 15 is 0 Å². The molecular formula is C20H21F3N2. The maximum absolute atomic E-state index is 13.0. The van der Waals surface area contributed by atoms with Crippen molar-refractivity contribution in [1.29, 1.82) is 0 Å². The van der Waals surface area contributed by atoms with E-state index in [0.717, 1.165) is 48.4 Å². The summed E-state index contributed by atoms with van der Waals surface area (Å²) < 4.78 is 41.1. The average molecular weight is 346 g/mol. The van der Waals surface area contributed by atoms with Gasteiger partial charge in [0.15, 0.2) is 0 Å². The van der Waals surface area contributed by atoms with E-state index in [1.807, 2.05) is 30.3 Å². The number of rotatable bonds is 5. The van der Waals surface area contributed by atoms with Gasteiger partial charge in [0.2, 0.25) is 0 Å². The zero-order valence-electron chi connectivity index (χ0n) is 14.3. The Kier molecular flexibility index (Phi) is 4.84. The highest BCUT2D eigenvalue weighted by molar-refractivity contribution is 5.77. The highest BCUT2D eigenvalue weighted by atomic mass is 19.4. The van der Waals surface area contributed by atoms with Gasteiger partial charge in [0.1, 0.15) is 5.82 Å². The molecule has 0 saturated carbocycles. The molecule has 0 aliphatic carbocycles. The predicted octanol–water partition coefficient (Wildman–Crippen LogP) is 6.01. The Morgan fingerprint density at radius 3 is 2.36 bits per heavy atom. The smallest absolute Gasteiger partial charge is 0.327 e. The maximum Gasteiger partial charge on any atom is 0.416 e. The van der Waals surface area contributed by atoms with Crippen molar-refractivity contribution < 1.29 is 13.2 Å². The Morgan fingerprint density at radius 2 is 1.76 bits per heavy atom. The molecule has 0 bridgehead atoms. The Hall–Kier alpha value is -2.30. The number of alkyl halides is 3. The van der Waals surface area contributed by atoms with Crippen LogP contribution in [0.2, 0.25) is 0 Å². The van der Waals surface area contributed by atoms with Crippen molar-refractivity contribution in [3.63, 3.8) is 0 Å². The van der Waals surface area contributed by atoms with Gasteiger partial charge in [0.05, 0.1) is 16.6 Å². The van der Waals surface area contributed by atoms with Gasteiger partial charge in [-0.1, -0.05) is 44.2 Å². The van der Waals surface area contributed by atoms with Gasteiger partial charge in [-0.25, -0.2) is 4.98 Å². The van der Waals surface area contributed by atoms with Crippen LogP contribution in [0, 0.1) is 0 Å². The summed E-state index contributed by atoms with van der Waals surface area (Å²) in [5.41, 5.74) is 1.65. The predicted molar refractivity (Wildman–Crippen MR) is 93.6 cm³/mol. The summed E-state index contributed by atoms with van der Waals surface area (Å²) in [5.74, 6) is 0.902. The van der Waals surface area contributed by atoms with Gasteiger partial charge in [0, 0.05) is 12.5 Å². The lowest BCUT2D eigenvalue weighted by molar-refractivity contribution is -0.137. The van der Waals surface area contributed by atoms with Crippen molar-refractivity contribution in [1.82, 2.24) is 9.55 Å². The Balaban J connectivity index is 2.17. The van der Waals surface area contributed by atoms with Crippen LogP contribution < -0.4 is 0 Å². The molecule has 1 aromatic heterocycles. The first kappa shape index (κ1) is 17.5. The van der Waals surface area contributed by atoms with Crippen molar-refractivity contribution in [3.05, 3.63) is 65.5 Å². The average Bonchev–Trinajstić information content (AvgIpc) is 2.94. The van der Waals surface area contributed by atoms with E-state index in [4.69, 9.17) is 0 Å². The minimum atomic E-state index is -4.35. The summed E-state index contributed by atoms with van der Waals surface area (Å²) in [6, 6.07) is 13.9. The fraction of sp³-hybridized carbons (Fsp3) is 0.350. The lowest BCUT2D eigenvalue weighted by Crippen LogP contribution is -2.10. The van der Waals surface area contributed by atoms with Crippen LogP contribution in [0.4, 0.5) is 13.2 Å². The topological polar surface area (TPSA) is 17.8 Å². The van der Waals surface area contributed by atoms with Crippen LogP contribution >= 0.6 is 0 Å². The largest absolute Gasteiger partial charge is 0.416 e. The minimum Gasteiger partial charge on any atom is -0.327 e. The first-order chi connectivity index (χ1) is 12.0. The van der Waals surface area contributed by atoms with Crippen molar-refractivity contribution in [3.8, 4) is 0 Å². The van der Waals surface area contributed by atoms with Crippen molar-refractivity contribution in [2.24, 2.45) is 0 Å². The number of hydrogen-bond donors (Lipinski definition) is 0. The van der Waals surface area contributed by atoms with Crippen LogP contribution in [0.25, 0.3) is 11.0 Å². The van der Waals surface area contributed by atoms with Crippen LogP contribution in [-0.2, 0) is 12.7 Å². The van der Waals surface area contributed by atoms with Gasteiger partial charge in [-0.2, -0.15) is 13.2 Å². The monoisotopic (exact) mass is 346 g/mol. The van der Waals surface area contributed by atoms with Gasteiger partial charge in [-0.05, 0) is 36.6 Å². The standard InChI is InChI=1S/C20H21F3N2/c1-3-12-25-18-11-10-15(20(21,22)23)13-17(18)24-19(25)16(4-2)14-8-6-5-7-9-14/h5-11,13,16H,3-4,12H2,1-2H3. The van der Waals surface area contributed by atoms with Crippen LogP contribution in [0.5, 0.6) is 0 Å². The van der Waals surface area contributed by atoms with Gasteiger partial charge < -0.3 is 4.57 Å². The van der Waals surface area contributed by atoms with E-state index in [2.05, 4.69) is 23.4 Å². The molecule has 1 unspecified atom stereocenters. The number of imidazole rings is 1. The number of aromatic nitrogens is 2. The molecule has 132 valence electrons. The maximum atomic E-state index is 13.0. The molecule has 25 heavy (non-hydrogen) atoms. The van der Waals surface area contributed by atoms with E-state index in [1.165, 1.54) is 0 Å². The summed E-state index contributed by atoms with van der Waals surface area (Å²) in [6.07, 6.45) is -2.62. The van der Waals surface area contributed by atoms with Crippen molar-refractivity contribution in [2.45, 2.75) is 45.3 Å². The number of nitrogens with zero attached hydrogens (tertiary/aromatic N) is 2. The Labute approximate surface area is 145 Å². The van der Waals surface area contributed by atoms with Crippen LogP contribution in [0.15, 0.2) is 48.5 Å². The highest BCUT2D eigenvalue weighted by Gasteiger charge is 2.31. The number of fused-ring (bicyclic) bond motifs is 1. The molecule has 0 N–H and O–H groups in total. The molecule has 3 aromatic rings. The van der Waals surface area contributed by atoms with Gasteiger partial charge in [0.25, 0.3) is 0 Å². The second-order valence-corrected chi connectivity index (χ2v) is 6.19. The number of halogens is 3. The zero-order chi connectivity index (χ0) is 18.0. The molecule has 2 nitrogen and oxygen atoms in total. The quantitative estimate of drug-likeness (QED) is 0.553. The van der Waals surface area contributed by atoms with Gasteiger partial charge >= 0.3 is 6.18 Å². The van der Waals surface area contributed by atoms with Crippen LogP contribution in [0.3, 0.4) is 0 Å². The van der Waals surface area contributed by atoms with Crippen molar-refractivity contribution >= 4 is 11.0 Å². The fourth-order valence-electron chi connectivity index (χ4n) is 3.30. The molecule has 2 aromatic carbocycles. The van der Waals surface area contributed by atoms with Gasteiger partial charge in [-0.15, -0.1) is 0 Å². The molecule has 0 amide bonds. The Morgan fingerprint density at radius 1 is 1.04 bits per heavy atom. The van der Waals surface area contributed by atoms with E-state index in [9.17, 15) is 13.2 Å². The Bertz CT molecular complexity index is 850. The number of aryl methyl sites for hydroxylation is 1. The van der Waals surface area contributed by atoms with Crippen LogP contribution in [-0.4, -0.2) is 9.55 Å². The molecule has 1 atom stereocenters. The molecule has 0 fully saturated rings. The number of hydrogen-bond acceptors (Lipinski definition) is 1. The normalized spacial score (nSPS) is 13.3. The molecule has 5 heteroatoms. The SMILES string of the molecule is CCCn1c(C(CC)c2ccccc2)nc2cc(C(F)(F)F)ccc21. The number of benzene rings is 2. The minimum absolute atomic E-state index is 0.0643. The lowest BCUT2D eigenvalue weighted by Gasteiger charge is -2.17. The summed E-state index contributed by atoms with van der Waals surface area (Å²) in [5, 5.41) is 0. The molecule has 3 rings (SSSR count). The molecular weight excluding hydrogens is 325 g/mol. The second-order valence-electron chi connectivity index (χ2n) is 6.19. The molecule has 0 aliphatic heterocycles. The van der Waals surface area contributed by atoms with E-state index in [1.54, 1.807) is 6.07 Å². The fourth-order valence-corrected chi connectivity index (χ4v) is 3.30. The first-order valence-corrected chi connectivity index (χ1v) is 8.58. The molecule has 0 aliphatic rings. The van der Waals surface area contributed by atoms with Crippen molar-refractivity contribution in [2.75, 3.05) is 0 Å². The molecule has 1 heterocycles. The first-order valence-electron chi connectivity index (χ1n) is 8.58. The summed E-state index contributed by atoms with van der Waals surface area (Å²) >= 11 is 0. The molecule has 0 saturated heterocycles. The summed E-state index contributed by atoms with van der Waals surface area (Å²) in [7, 11) is 0. The van der Waals surface area contributed by atoms with Crippen LogP contribution in [0.1, 0.15) is 49.6 Å². The van der Waals surface area contributed by atoms with E-state index in [0.29, 0.717) is 5.52 Å². The van der Waals surface area contributed by atoms with E-state index in [-0.39, 0.29) is 5.92 Å². The molecule has 0 spiro atoms. The van der Waals surface area contributed by atoms with E-state index < -0.39 is 11.7 Å². The summed E-state index contributed by atoms with van der Waals surface area (Å²) in [6.45, 7) is 4.87. The zero-order valence-corrected chi connectivity index (χ0v) is 14.3. The third-order valence-electron chi connectivity index (χ3n) is 4.47. The van der Waals surface area contributed by atoms with Gasteiger partial charge in [-0.3, -0.25) is 0 Å². The highest BCUT2D eigenvalue weighted by Crippen LogP contribution is 2.34. The summed E-state index contributed by atoms with van der Waals surface area (Å²) in [4.78, 5) is 4.62.